The number of aliphatic hydroxyl groups is 1. The number of hydrogen-bond acceptors (Lipinski definition) is 5. The zero-order valence-corrected chi connectivity index (χ0v) is 19.6. The molecule has 0 bridgehead atoms. The first kappa shape index (κ1) is 24.0. The molecule has 1 saturated carbocycles. The second-order valence-electron chi connectivity index (χ2n) is 9.70. The maximum Gasteiger partial charge on any atom is 0.222 e. The number of benzene rings is 1. The predicted molar refractivity (Wildman–Crippen MR) is 125 cm³/mol. The number of β-amino-alcohol motifs (C(OH)–C–C–N with tert-alkyl or cyclic N) is 1. The van der Waals surface area contributed by atoms with E-state index in [0.29, 0.717) is 43.7 Å². The van der Waals surface area contributed by atoms with E-state index < -0.39 is 6.10 Å². The highest BCUT2D eigenvalue weighted by molar-refractivity contribution is 6.30. The van der Waals surface area contributed by atoms with E-state index in [4.69, 9.17) is 21.1 Å². The Bertz CT molecular complexity index is 742. The molecule has 0 unspecified atom stereocenters. The van der Waals surface area contributed by atoms with Crippen LogP contribution in [0, 0.1) is 5.92 Å². The van der Waals surface area contributed by atoms with Crippen LogP contribution < -0.4 is 5.32 Å². The van der Waals surface area contributed by atoms with Gasteiger partial charge in [-0.15, -0.1) is 0 Å². The first-order valence-corrected chi connectivity index (χ1v) is 12.6. The molecule has 0 aromatic heterocycles. The van der Waals surface area contributed by atoms with E-state index in [-0.39, 0.29) is 24.2 Å². The number of halogens is 1. The number of aliphatic hydroxyl groups excluding tert-OH is 1. The average Bonchev–Trinajstić information content (AvgIpc) is 2.77. The van der Waals surface area contributed by atoms with Gasteiger partial charge in [0.2, 0.25) is 5.91 Å². The molecule has 3 fully saturated rings. The first-order chi connectivity index (χ1) is 15.6. The van der Waals surface area contributed by atoms with Crippen molar-refractivity contribution < 1.29 is 19.4 Å². The van der Waals surface area contributed by atoms with Crippen LogP contribution in [0.5, 0.6) is 0 Å². The first-order valence-electron chi connectivity index (χ1n) is 12.2. The molecule has 0 spiro atoms. The molecule has 2 N–H and O–H groups in total. The van der Waals surface area contributed by atoms with Gasteiger partial charge in [0.25, 0.3) is 0 Å². The van der Waals surface area contributed by atoms with Gasteiger partial charge < -0.3 is 19.9 Å². The van der Waals surface area contributed by atoms with Gasteiger partial charge in [-0.25, -0.2) is 0 Å². The van der Waals surface area contributed by atoms with Gasteiger partial charge in [-0.1, -0.05) is 43.0 Å². The summed E-state index contributed by atoms with van der Waals surface area (Å²) in [6, 6.07) is 8.01. The lowest BCUT2D eigenvalue weighted by atomic mass is 9.89. The van der Waals surface area contributed by atoms with E-state index in [1.807, 2.05) is 18.2 Å². The van der Waals surface area contributed by atoms with Crippen LogP contribution in [0.25, 0.3) is 0 Å². The number of fused-ring (bicyclic) bond motifs is 1. The number of carbonyl (C=O) groups is 1. The molecule has 1 aliphatic carbocycles. The van der Waals surface area contributed by atoms with Crippen molar-refractivity contribution in [2.24, 2.45) is 5.92 Å². The normalized spacial score (nSPS) is 30.2. The molecule has 178 valence electrons. The van der Waals surface area contributed by atoms with Crippen molar-refractivity contribution >= 4 is 17.5 Å². The number of nitrogens with one attached hydrogen (secondary N) is 1. The third kappa shape index (κ3) is 6.91. The van der Waals surface area contributed by atoms with Crippen molar-refractivity contribution in [3.63, 3.8) is 0 Å². The Kier molecular flexibility index (Phi) is 8.83. The lowest BCUT2D eigenvalue weighted by molar-refractivity contribution is -0.158. The van der Waals surface area contributed by atoms with Gasteiger partial charge in [-0.05, 0) is 49.3 Å². The molecular weight excluding hydrogens is 428 g/mol. The zero-order chi connectivity index (χ0) is 22.3. The summed E-state index contributed by atoms with van der Waals surface area (Å²) >= 11 is 6.18. The number of nitrogens with zero attached hydrogens (tertiary/aromatic N) is 1. The van der Waals surface area contributed by atoms with Crippen molar-refractivity contribution in [1.29, 1.82) is 0 Å². The number of ether oxygens (including phenoxy) is 2. The van der Waals surface area contributed by atoms with Gasteiger partial charge in [0.1, 0.15) is 0 Å². The van der Waals surface area contributed by atoms with Crippen LogP contribution in [0.1, 0.15) is 56.9 Å². The van der Waals surface area contributed by atoms with Crippen LogP contribution in [0.2, 0.25) is 5.02 Å². The summed E-state index contributed by atoms with van der Waals surface area (Å²) in [6.07, 6.45) is 7.82. The van der Waals surface area contributed by atoms with Crippen LogP contribution in [0.3, 0.4) is 0 Å². The van der Waals surface area contributed by atoms with E-state index >= 15 is 0 Å². The highest BCUT2D eigenvalue weighted by atomic mass is 35.5. The Labute approximate surface area is 196 Å². The number of carbonyl (C=O) groups excluding carboxylic acids is 1. The Balaban J connectivity index is 1.32. The van der Waals surface area contributed by atoms with Gasteiger partial charge >= 0.3 is 0 Å². The van der Waals surface area contributed by atoms with Gasteiger partial charge in [0.15, 0.2) is 0 Å². The zero-order valence-electron chi connectivity index (χ0n) is 18.9. The highest BCUT2D eigenvalue weighted by Crippen LogP contribution is 2.29. The summed E-state index contributed by atoms with van der Waals surface area (Å²) in [6.45, 7) is 2.77. The quantitative estimate of drug-likeness (QED) is 0.673. The summed E-state index contributed by atoms with van der Waals surface area (Å²) in [5.74, 6) is 0.729. The van der Waals surface area contributed by atoms with Crippen LogP contribution in [0.15, 0.2) is 24.3 Å². The number of hydrogen-bond donors (Lipinski definition) is 2. The van der Waals surface area contributed by atoms with Crippen molar-refractivity contribution in [3.05, 3.63) is 34.9 Å². The molecule has 2 heterocycles. The molecule has 6 nitrogen and oxygen atoms in total. The summed E-state index contributed by atoms with van der Waals surface area (Å²) in [5, 5.41) is 14.2. The van der Waals surface area contributed by atoms with E-state index in [0.717, 1.165) is 24.9 Å². The van der Waals surface area contributed by atoms with Crippen LogP contribution in [-0.4, -0.2) is 66.6 Å². The lowest BCUT2D eigenvalue weighted by Gasteiger charge is -2.44. The molecule has 1 amide bonds. The van der Waals surface area contributed by atoms with Crippen molar-refractivity contribution in [2.45, 2.75) is 82.3 Å². The van der Waals surface area contributed by atoms with Gasteiger partial charge in [0, 0.05) is 30.7 Å². The van der Waals surface area contributed by atoms with E-state index in [9.17, 15) is 9.90 Å². The van der Waals surface area contributed by atoms with E-state index in [2.05, 4.69) is 16.3 Å². The molecule has 3 aliphatic rings. The molecule has 1 aromatic carbocycles. The smallest absolute Gasteiger partial charge is 0.222 e. The fraction of sp³-hybridized carbons (Fsp3) is 0.720. The third-order valence-corrected chi connectivity index (χ3v) is 7.32. The third-order valence-electron chi connectivity index (χ3n) is 7.09. The minimum Gasteiger partial charge on any atom is -0.389 e. The molecule has 4 atom stereocenters. The molecule has 2 aliphatic heterocycles. The minimum absolute atomic E-state index is 0.0800. The molecule has 0 radical (unpaired) electrons. The molecule has 1 aromatic rings. The summed E-state index contributed by atoms with van der Waals surface area (Å²) in [4.78, 5) is 14.8. The van der Waals surface area contributed by atoms with Crippen LogP contribution >= 0.6 is 11.6 Å². The second kappa shape index (κ2) is 11.8. The Morgan fingerprint density at radius 1 is 1.16 bits per heavy atom. The average molecular weight is 465 g/mol. The minimum atomic E-state index is -0.529. The molecular formula is C25H37ClN2O4. The predicted octanol–water partition coefficient (Wildman–Crippen LogP) is 3.54. The summed E-state index contributed by atoms with van der Waals surface area (Å²) in [7, 11) is 0. The number of rotatable bonds is 6. The van der Waals surface area contributed by atoms with E-state index in [1.165, 1.54) is 32.1 Å². The number of amides is 1. The van der Waals surface area contributed by atoms with Crippen molar-refractivity contribution in [2.75, 3.05) is 26.3 Å². The Hall–Kier alpha value is -1.18. The topological polar surface area (TPSA) is 71.0 Å². The fourth-order valence-corrected chi connectivity index (χ4v) is 5.64. The van der Waals surface area contributed by atoms with Gasteiger partial charge in [0.05, 0.1) is 37.9 Å². The fourth-order valence-electron chi connectivity index (χ4n) is 5.43. The second-order valence-corrected chi connectivity index (χ2v) is 10.1. The molecule has 2 saturated heterocycles. The van der Waals surface area contributed by atoms with Crippen molar-refractivity contribution in [1.82, 2.24) is 10.2 Å². The van der Waals surface area contributed by atoms with Crippen LogP contribution in [-0.2, 0) is 20.8 Å². The SMILES string of the molecule is O=C(C[C@@H]1CC[C@H]2[C@@H](COC[C@H](O)CN2Cc2cccc(Cl)c2)O1)NCC1CCCCC1. The summed E-state index contributed by atoms with van der Waals surface area (Å²) < 4.78 is 12.1. The Morgan fingerprint density at radius 2 is 2.00 bits per heavy atom. The maximum absolute atomic E-state index is 12.5. The standard InChI is InChI=1S/C25H37ClN2O4/c26-20-8-4-7-19(11-20)14-28-15-21(29)16-31-17-24-23(28)10-9-22(32-24)12-25(30)27-13-18-5-2-1-3-6-18/h4,7-8,11,18,21-24,29H,1-3,5-6,9-10,12-17H2,(H,27,30)/t21-,22+,23+,24-/m1/s1. The molecule has 4 rings (SSSR count). The largest absolute Gasteiger partial charge is 0.389 e. The van der Waals surface area contributed by atoms with E-state index in [1.54, 1.807) is 0 Å². The van der Waals surface area contributed by atoms with Gasteiger partial charge in [-0.2, -0.15) is 0 Å². The molecule has 7 heteroatoms. The monoisotopic (exact) mass is 464 g/mol. The lowest BCUT2D eigenvalue weighted by Crippen LogP contribution is -2.55. The Morgan fingerprint density at radius 3 is 2.81 bits per heavy atom. The van der Waals surface area contributed by atoms with Crippen molar-refractivity contribution in [3.8, 4) is 0 Å². The van der Waals surface area contributed by atoms with Gasteiger partial charge in [-0.3, -0.25) is 9.69 Å². The maximum atomic E-state index is 12.5. The highest BCUT2D eigenvalue weighted by Gasteiger charge is 2.38. The van der Waals surface area contributed by atoms with Crippen LogP contribution in [0.4, 0.5) is 0 Å². The summed E-state index contributed by atoms with van der Waals surface area (Å²) in [5.41, 5.74) is 1.12. The molecule has 32 heavy (non-hydrogen) atoms.